The van der Waals surface area contributed by atoms with E-state index in [1.165, 1.54) is 0 Å². The molecule has 0 fully saturated rings. The number of anilines is 1. The van der Waals surface area contributed by atoms with Crippen LogP contribution in [0.3, 0.4) is 0 Å². The molecule has 5 heteroatoms. The first-order chi connectivity index (χ1) is 11.2. The van der Waals surface area contributed by atoms with E-state index in [1.54, 1.807) is 12.2 Å². The molecule has 23 heavy (non-hydrogen) atoms. The van der Waals surface area contributed by atoms with E-state index >= 15 is 0 Å². The molecule has 0 aliphatic rings. The number of rotatable bonds is 12. The van der Waals surface area contributed by atoms with Crippen molar-refractivity contribution in [2.45, 2.75) is 6.92 Å². The van der Waals surface area contributed by atoms with Crippen LogP contribution in [0.15, 0.2) is 49.6 Å². The van der Waals surface area contributed by atoms with Crippen LogP contribution < -0.4 is 10.1 Å². The second-order valence-corrected chi connectivity index (χ2v) is 4.89. The number of carbonyl (C=O) groups is 1. The van der Waals surface area contributed by atoms with Gasteiger partial charge in [0.15, 0.2) is 0 Å². The van der Waals surface area contributed by atoms with E-state index in [-0.39, 0.29) is 5.91 Å². The molecule has 5 nitrogen and oxygen atoms in total. The van der Waals surface area contributed by atoms with Crippen molar-refractivity contribution >= 4 is 11.6 Å². The Kier molecular flexibility index (Phi) is 9.43. The molecule has 126 valence electrons. The summed E-state index contributed by atoms with van der Waals surface area (Å²) in [5.74, 6) is 0.682. The maximum absolute atomic E-state index is 12.0. The minimum absolute atomic E-state index is 0.0706. The molecule has 0 aliphatic carbocycles. The van der Waals surface area contributed by atoms with Gasteiger partial charge >= 0.3 is 0 Å². The zero-order chi connectivity index (χ0) is 16.9. The minimum Gasteiger partial charge on any atom is -0.491 e. The Morgan fingerprint density at radius 3 is 2.39 bits per heavy atom. The first kappa shape index (κ1) is 18.9. The van der Waals surface area contributed by atoms with Crippen LogP contribution in [0.1, 0.15) is 6.92 Å². The SMILES string of the molecule is C=CCN(CC=C)CC(=O)Nc1ccc(OCCOCC)cc1. The quantitative estimate of drug-likeness (QED) is 0.475. The second kappa shape index (κ2) is 11.5. The Hall–Kier alpha value is -2.11. The fourth-order valence-electron chi connectivity index (χ4n) is 1.97. The summed E-state index contributed by atoms with van der Waals surface area (Å²) in [5.41, 5.74) is 0.740. The highest BCUT2D eigenvalue weighted by Crippen LogP contribution is 2.15. The summed E-state index contributed by atoms with van der Waals surface area (Å²) in [7, 11) is 0. The lowest BCUT2D eigenvalue weighted by Gasteiger charge is -2.18. The highest BCUT2D eigenvalue weighted by molar-refractivity contribution is 5.92. The Bertz CT molecular complexity index is 476. The molecule has 0 saturated carbocycles. The molecule has 1 aromatic rings. The molecular formula is C18H26N2O3. The molecule has 0 aliphatic heterocycles. The summed E-state index contributed by atoms with van der Waals surface area (Å²) in [5, 5.41) is 2.86. The number of carbonyl (C=O) groups excluding carboxylic acids is 1. The van der Waals surface area contributed by atoms with Crippen LogP contribution in [-0.4, -0.2) is 50.3 Å². The molecule has 0 unspecified atom stereocenters. The Morgan fingerprint density at radius 1 is 1.17 bits per heavy atom. The molecule has 1 amide bonds. The van der Waals surface area contributed by atoms with Crippen molar-refractivity contribution in [3.05, 3.63) is 49.6 Å². The second-order valence-electron chi connectivity index (χ2n) is 4.89. The van der Waals surface area contributed by atoms with Gasteiger partial charge in [0.05, 0.1) is 13.2 Å². The third-order valence-corrected chi connectivity index (χ3v) is 2.98. The average Bonchev–Trinajstić information content (AvgIpc) is 2.53. The molecule has 0 radical (unpaired) electrons. The number of amides is 1. The summed E-state index contributed by atoms with van der Waals surface area (Å²) >= 11 is 0. The molecule has 0 atom stereocenters. The standard InChI is InChI=1S/C18H26N2O3/c1-4-11-20(12-5-2)15-18(21)19-16-7-9-17(10-8-16)23-14-13-22-6-3/h4-5,7-10H,1-2,6,11-15H2,3H3,(H,19,21). The smallest absolute Gasteiger partial charge is 0.238 e. The molecule has 0 spiro atoms. The Balaban J connectivity index is 2.42. The third-order valence-electron chi connectivity index (χ3n) is 2.98. The average molecular weight is 318 g/mol. The molecule has 0 heterocycles. The number of nitrogens with one attached hydrogen (secondary N) is 1. The van der Waals surface area contributed by atoms with Crippen LogP contribution >= 0.6 is 0 Å². The Morgan fingerprint density at radius 2 is 1.83 bits per heavy atom. The third kappa shape index (κ3) is 8.18. The van der Waals surface area contributed by atoms with Crippen LogP contribution in [0, 0.1) is 0 Å². The topological polar surface area (TPSA) is 50.8 Å². The van der Waals surface area contributed by atoms with Gasteiger partial charge in [-0.1, -0.05) is 12.2 Å². The summed E-state index contributed by atoms with van der Waals surface area (Å²) in [6, 6.07) is 7.29. The van der Waals surface area contributed by atoms with Crippen molar-refractivity contribution in [2.75, 3.05) is 44.8 Å². The molecule has 0 bridgehead atoms. The first-order valence-corrected chi connectivity index (χ1v) is 7.74. The van der Waals surface area contributed by atoms with E-state index in [0.717, 1.165) is 11.4 Å². The van der Waals surface area contributed by atoms with Crippen LogP contribution in [-0.2, 0) is 9.53 Å². The van der Waals surface area contributed by atoms with E-state index in [9.17, 15) is 4.79 Å². The van der Waals surface area contributed by atoms with Crippen LogP contribution in [0.25, 0.3) is 0 Å². The molecule has 1 N–H and O–H groups in total. The molecule has 1 aromatic carbocycles. The first-order valence-electron chi connectivity index (χ1n) is 7.74. The van der Waals surface area contributed by atoms with Crippen molar-refractivity contribution in [1.82, 2.24) is 4.90 Å². The summed E-state index contributed by atoms with van der Waals surface area (Å²) in [4.78, 5) is 14.0. The van der Waals surface area contributed by atoms with Gasteiger partial charge in [0.2, 0.25) is 5.91 Å². The van der Waals surface area contributed by atoms with E-state index in [0.29, 0.717) is 39.5 Å². The van der Waals surface area contributed by atoms with Gasteiger partial charge in [-0.2, -0.15) is 0 Å². The predicted molar refractivity (Wildman–Crippen MR) is 93.9 cm³/mol. The molecular weight excluding hydrogens is 292 g/mol. The van der Waals surface area contributed by atoms with Crippen molar-refractivity contribution in [3.8, 4) is 5.75 Å². The highest BCUT2D eigenvalue weighted by Gasteiger charge is 2.08. The number of benzene rings is 1. The van der Waals surface area contributed by atoms with E-state index in [4.69, 9.17) is 9.47 Å². The number of nitrogens with zero attached hydrogens (tertiary/aromatic N) is 1. The van der Waals surface area contributed by atoms with Gasteiger partial charge in [0, 0.05) is 25.4 Å². The van der Waals surface area contributed by atoms with Gasteiger partial charge in [-0.25, -0.2) is 0 Å². The summed E-state index contributed by atoms with van der Waals surface area (Å²) < 4.78 is 10.7. The lowest BCUT2D eigenvalue weighted by atomic mass is 10.3. The van der Waals surface area contributed by atoms with Crippen LogP contribution in [0.2, 0.25) is 0 Å². The Labute approximate surface area is 138 Å². The number of ether oxygens (including phenoxy) is 2. The zero-order valence-corrected chi connectivity index (χ0v) is 13.8. The molecule has 1 rings (SSSR count). The van der Waals surface area contributed by atoms with Gasteiger partial charge in [-0.3, -0.25) is 9.69 Å². The van der Waals surface area contributed by atoms with Crippen molar-refractivity contribution in [2.24, 2.45) is 0 Å². The van der Waals surface area contributed by atoms with Gasteiger partial charge in [-0.05, 0) is 31.2 Å². The monoisotopic (exact) mass is 318 g/mol. The van der Waals surface area contributed by atoms with E-state index in [2.05, 4.69) is 18.5 Å². The molecule has 0 saturated heterocycles. The van der Waals surface area contributed by atoms with E-state index < -0.39 is 0 Å². The maximum Gasteiger partial charge on any atom is 0.238 e. The number of hydrogen-bond acceptors (Lipinski definition) is 4. The zero-order valence-electron chi connectivity index (χ0n) is 13.8. The van der Waals surface area contributed by atoms with Crippen molar-refractivity contribution < 1.29 is 14.3 Å². The number of hydrogen-bond donors (Lipinski definition) is 1. The van der Waals surface area contributed by atoms with E-state index in [1.807, 2.05) is 36.1 Å². The summed E-state index contributed by atoms with van der Waals surface area (Å²) in [6.45, 7) is 12.7. The molecule has 0 aromatic heterocycles. The predicted octanol–water partition coefficient (Wildman–Crippen LogP) is 2.71. The normalized spacial score (nSPS) is 10.3. The van der Waals surface area contributed by atoms with Gasteiger partial charge < -0.3 is 14.8 Å². The van der Waals surface area contributed by atoms with Gasteiger partial charge in [0.25, 0.3) is 0 Å². The minimum atomic E-state index is -0.0706. The maximum atomic E-state index is 12.0. The van der Waals surface area contributed by atoms with Crippen molar-refractivity contribution in [3.63, 3.8) is 0 Å². The lowest BCUT2D eigenvalue weighted by Crippen LogP contribution is -2.33. The fourth-order valence-corrected chi connectivity index (χ4v) is 1.97. The van der Waals surface area contributed by atoms with Crippen LogP contribution in [0.5, 0.6) is 5.75 Å². The van der Waals surface area contributed by atoms with Gasteiger partial charge in [-0.15, -0.1) is 13.2 Å². The van der Waals surface area contributed by atoms with Crippen LogP contribution in [0.4, 0.5) is 5.69 Å². The fraction of sp³-hybridized carbons (Fsp3) is 0.389. The summed E-state index contributed by atoms with van der Waals surface area (Å²) in [6.07, 6.45) is 3.54. The lowest BCUT2D eigenvalue weighted by molar-refractivity contribution is -0.117. The van der Waals surface area contributed by atoms with Gasteiger partial charge in [0.1, 0.15) is 12.4 Å². The van der Waals surface area contributed by atoms with Crippen molar-refractivity contribution in [1.29, 1.82) is 0 Å². The highest BCUT2D eigenvalue weighted by atomic mass is 16.5. The largest absolute Gasteiger partial charge is 0.491 e.